The van der Waals surface area contributed by atoms with Crippen LogP contribution in [0.4, 0.5) is 0 Å². The zero-order valence-electron chi connectivity index (χ0n) is 17.7. The zero-order chi connectivity index (χ0) is 21.2. The van der Waals surface area contributed by atoms with E-state index in [-0.39, 0.29) is 5.78 Å². The SMILES string of the molecule is COc1ccc2c(c1CCCC1CCNCC1)O/C(=C\c1n[nH]c3ccccc13)C2=O. The summed E-state index contributed by atoms with van der Waals surface area (Å²) in [6.07, 6.45) is 7.28. The molecule has 0 spiro atoms. The molecule has 0 radical (unpaired) electrons. The number of nitrogens with one attached hydrogen (secondary N) is 2. The van der Waals surface area contributed by atoms with Gasteiger partial charge in [-0.25, -0.2) is 0 Å². The number of ether oxygens (including phenoxy) is 2. The number of hydrogen-bond donors (Lipinski definition) is 2. The van der Waals surface area contributed by atoms with Crippen LogP contribution < -0.4 is 14.8 Å². The van der Waals surface area contributed by atoms with Crippen LogP contribution >= 0.6 is 0 Å². The van der Waals surface area contributed by atoms with Gasteiger partial charge in [0.15, 0.2) is 5.76 Å². The maximum Gasteiger partial charge on any atom is 0.232 e. The molecule has 0 unspecified atom stereocenters. The molecule has 2 aromatic carbocycles. The van der Waals surface area contributed by atoms with E-state index in [1.165, 1.54) is 19.3 Å². The van der Waals surface area contributed by atoms with Crippen molar-refractivity contribution in [1.82, 2.24) is 15.5 Å². The Balaban J connectivity index is 1.40. The van der Waals surface area contributed by atoms with Gasteiger partial charge in [0.05, 0.1) is 23.9 Å². The van der Waals surface area contributed by atoms with Crippen LogP contribution in [0.15, 0.2) is 42.2 Å². The van der Waals surface area contributed by atoms with Crippen molar-refractivity contribution < 1.29 is 14.3 Å². The van der Waals surface area contributed by atoms with Crippen molar-refractivity contribution in [3.63, 3.8) is 0 Å². The standard InChI is InChI=1S/C25H27N3O3/c1-30-22-10-9-19-24(29)23(15-21-17-6-2-3-8-20(17)27-28-21)31-25(19)18(22)7-4-5-16-11-13-26-14-12-16/h2-3,6,8-10,15-16,26H,4-5,7,11-14H2,1H3,(H,27,28)/b23-15-. The molecule has 5 rings (SSSR count). The molecule has 0 atom stereocenters. The second-order valence-electron chi connectivity index (χ2n) is 8.30. The molecule has 0 saturated carbocycles. The van der Waals surface area contributed by atoms with Gasteiger partial charge in [0, 0.05) is 17.0 Å². The van der Waals surface area contributed by atoms with E-state index in [0.717, 1.165) is 54.1 Å². The molecule has 0 bridgehead atoms. The lowest BCUT2D eigenvalue weighted by Crippen LogP contribution is -2.27. The second kappa shape index (κ2) is 8.55. The Morgan fingerprint density at radius 3 is 2.87 bits per heavy atom. The van der Waals surface area contributed by atoms with Crippen LogP contribution in [0.2, 0.25) is 0 Å². The number of ketones is 1. The summed E-state index contributed by atoms with van der Waals surface area (Å²) < 4.78 is 11.7. The summed E-state index contributed by atoms with van der Waals surface area (Å²) in [7, 11) is 1.67. The Kier molecular flexibility index (Phi) is 5.47. The third-order valence-electron chi connectivity index (χ3n) is 6.38. The topological polar surface area (TPSA) is 76.2 Å². The van der Waals surface area contributed by atoms with Crippen LogP contribution in [0.1, 0.15) is 47.3 Å². The highest BCUT2D eigenvalue weighted by Crippen LogP contribution is 2.41. The monoisotopic (exact) mass is 417 g/mol. The summed E-state index contributed by atoms with van der Waals surface area (Å²) in [5.74, 6) is 2.39. The number of allylic oxidation sites excluding steroid dienone is 1. The molecule has 0 amide bonds. The van der Waals surface area contributed by atoms with Crippen molar-refractivity contribution >= 4 is 22.8 Å². The molecule has 6 heteroatoms. The minimum atomic E-state index is -0.107. The Hall–Kier alpha value is -3.12. The number of Topliss-reactive ketones (excluding diaryl/α,β-unsaturated/α-hetero) is 1. The van der Waals surface area contributed by atoms with E-state index in [1.54, 1.807) is 19.3 Å². The molecule has 6 nitrogen and oxygen atoms in total. The minimum absolute atomic E-state index is 0.107. The summed E-state index contributed by atoms with van der Waals surface area (Å²) in [4.78, 5) is 13.1. The number of rotatable bonds is 6. The van der Waals surface area contributed by atoms with Crippen LogP contribution in [-0.2, 0) is 6.42 Å². The average molecular weight is 418 g/mol. The largest absolute Gasteiger partial charge is 0.496 e. The van der Waals surface area contributed by atoms with Crippen molar-refractivity contribution in [3.05, 3.63) is 59.0 Å². The van der Waals surface area contributed by atoms with Crippen molar-refractivity contribution in [2.75, 3.05) is 20.2 Å². The van der Waals surface area contributed by atoms with E-state index in [9.17, 15) is 4.79 Å². The number of para-hydroxylation sites is 1. The lowest BCUT2D eigenvalue weighted by atomic mass is 9.91. The first kappa shape index (κ1) is 19.8. The highest BCUT2D eigenvalue weighted by atomic mass is 16.5. The summed E-state index contributed by atoms with van der Waals surface area (Å²) in [5, 5.41) is 11.7. The Labute approximate surface area is 181 Å². The number of piperidine rings is 1. The predicted octanol–water partition coefficient (Wildman–Crippen LogP) is 4.51. The number of methoxy groups -OCH3 is 1. The van der Waals surface area contributed by atoms with Crippen molar-refractivity contribution in [1.29, 1.82) is 0 Å². The fourth-order valence-corrected chi connectivity index (χ4v) is 4.67. The smallest absolute Gasteiger partial charge is 0.232 e. The Morgan fingerprint density at radius 2 is 2.03 bits per heavy atom. The quantitative estimate of drug-likeness (QED) is 0.577. The Morgan fingerprint density at radius 1 is 1.19 bits per heavy atom. The van der Waals surface area contributed by atoms with Gasteiger partial charge < -0.3 is 14.8 Å². The third kappa shape index (κ3) is 3.83. The second-order valence-corrected chi connectivity index (χ2v) is 8.30. The first-order valence-electron chi connectivity index (χ1n) is 11.0. The molecule has 2 aliphatic rings. The fraction of sp³-hybridized carbons (Fsp3) is 0.360. The first-order valence-corrected chi connectivity index (χ1v) is 11.0. The molecular formula is C25H27N3O3. The van der Waals surface area contributed by atoms with Crippen LogP contribution in [0.3, 0.4) is 0 Å². The number of benzene rings is 2. The third-order valence-corrected chi connectivity index (χ3v) is 6.38. The number of aromatic nitrogens is 2. The first-order chi connectivity index (χ1) is 15.2. The molecular weight excluding hydrogens is 390 g/mol. The summed E-state index contributed by atoms with van der Waals surface area (Å²) in [5.41, 5.74) is 3.21. The van der Waals surface area contributed by atoms with Gasteiger partial charge in [0.2, 0.25) is 5.78 Å². The molecule has 1 aromatic heterocycles. The van der Waals surface area contributed by atoms with Gasteiger partial charge in [-0.2, -0.15) is 5.10 Å². The normalized spacial score (nSPS) is 17.8. The maximum atomic E-state index is 13.1. The predicted molar refractivity (Wildman–Crippen MR) is 121 cm³/mol. The number of carbonyl (C=O) groups excluding carboxylic acids is 1. The molecule has 3 heterocycles. The number of carbonyl (C=O) groups is 1. The molecule has 160 valence electrons. The molecule has 1 saturated heterocycles. The van der Waals surface area contributed by atoms with Gasteiger partial charge in [-0.05, 0) is 62.9 Å². The van der Waals surface area contributed by atoms with Gasteiger partial charge >= 0.3 is 0 Å². The lowest BCUT2D eigenvalue weighted by molar-refractivity contribution is 0.101. The van der Waals surface area contributed by atoms with E-state index in [2.05, 4.69) is 15.5 Å². The highest BCUT2D eigenvalue weighted by Gasteiger charge is 2.31. The zero-order valence-corrected chi connectivity index (χ0v) is 17.7. The summed E-state index contributed by atoms with van der Waals surface area (Å²) in [6, 6.07) is 11.5. The summed E-state index contributed by atoms with van der Waals surface area (Å²) >= 11 is 0. The van der Waals surface area contributed by atoms with Gasteiger partial charge in [-0.3, -0.25) is 9.89 Å². The van der Waals surface area contributed by atoms with Gasteiger partial charge in [0.25, 0.3) is 0 Å². The van der Waals surface area contributed by atoms with Crippen LogP contribution in [-0.4, -0.2) is 36.2 Å². The summed E-state index contributed by atoms with van der Waals surface area (Å²) in [6.45, 7) is 2.23. The molecule has 3 aromatic rings. The highest BCUT2D eigenvalue weighted by molar-refractivity contribution is 6.15. The van der Waals surface area contributed by atoms with E-state index in [0.29, 0.717) is 22.8 Å². The van der Waals surface area contributed by atoms with E-state index < -0.39 is 0 Å². The molecule has 0 aliphatic carbocycles. The van der Waals surface area contributed by atoms with Crippen molar-refractivity contribution in [2.45, 2.75) is 32.1 Å². The molecule has 1 fully saturated rings. The minimum Gasteiger partial charge on any atom is -0.496 e. The van der Waals surface area contributed by atoms with Crippen molar-refractivity contribution in [3.8, 4) is 11.5 Å². The molecule has 2 aliphatic heterocycles. The molecule has 2 N–H and O–H groups in total. The van der Waals surface area contributed by atoms with Gasteiger partial charge in [-0.15, -0.1) is 0 Å². The number of H-pyrrole nitrogens is 1. The number of hydrogen-bond acceptors (Lipinski definition) is 5. The van der Waals surface area contributed by atoms with Crippen LogP contribution in [0.25, 0.3) is 17.0 Å². The molecule has 31 heavy (non-hydrogen) atoms. The maximum absolute atomic E-state index is 13.1. The lowest BCUT2D eigenvalue weighted by Gasteiger charge is -2.22. The van der Waals surface area contributed by atoms with Crippen molar-refractivity contribution in [2.24, 2.45) is 5.92 Å². The van der Waals surface area contributed by atoms with E-state index in [4.69, 9.17) is 9.47 Å². The number of fused-ring (bicyclic) bond motifs is 2. The van der Waals surface area contributed by atoms with Gasteiger partial charge in [-0.1, -0.05) is 24.6 Å². The van der Waals surface area contributed by atoms with Crippen LogP contribution in [0.5, 0.6) is 11.5 Å². The van der Waals surface area contributed by atoms with Gasteiger partial charge in [0.1, 0.15) is 11.5 Å². The van der Waals surface area contributed by atoms with Crippen LogP contribution in [0, 0.1) is 5.92 Å². The van der Waals surface area contributed by atoms with E-state index in [1.807, 2.05) is 30.3 Å². The number of nitrogens with zero attached hydrogens (tertiary/aromatic N) is 1. The number of aromatic amines is 1. The average Bonchev–Trinajstić information content (AvgIpc) is 3.36. The fourth-order valence-electron chi connectivity index (χ4n) is 4.67. The van der Waals surface area contributed by atoms with E-state index >= 15 is 0 Å². The Bertz CT molecular complexity index is 1140.